The summed E-state index contributed by atoms with van der Waals surface area (Å²) in [5.74, 6) is 0. The Morgan fingerprint density at radius 1 is 0.704 bits per heavy atom. The van der Waals surface area contributed by atoms with Gasteiger partial charge in [-0.15, -0.1) is 0 Å². The molecule has 0 fully saturated rings. The molecule has 0 N–H and O–H groups in total. The third kappa shape index (κ3) is 5.88. The van der Waals surface area contributed by atoms with Crippen LogP contribution in [0.25, 0.3) is 5.57 Å². The molecule has 0 heterocycles. The lowest BCUT2D eigenvalue weighted by molar-refractivity contribution is 0.0153. The van der Waals surface area contributed by atoms with Crippen molar-refractivity contribution in [2.24, 2.45) is 0 Å². The lowest BCUT2D eigenvalue weighted by Gasteiger charge is -2.34. The van der Waals surface area contributed by atoms with Gasteiger partial charge in [-0.1, -0.05) is 55.1 Å². The molecule has 0 aliphatic carbocycles. The first-order valence-electron chi connectivity index (χ1n) is 9.62. The summed E-state index contributed by atoms with van der Waals surface area (Å²) in [6.45, 7) is 16.4. The fourth-order valence-electron chi connectivity index (χ4n) is 2.92. The van der Waals surface area contributed by atoms with Crippen molar-refractivity contribution < 1.29 is 13.3 Å². The summed E-state index contributed by atoms with van der Waals surface area (Å²) < 4.78 is 19.1. The van der Waals surface area contributed by atoms with Crippen molar-refractivity contribution in [3.63, 3.8) is 0 Å². The Bertz CT molecular complexity index is 712. The second kappa shape index (κ2) is 9.47. The van der Waals surface area contributed by atoms with Gasteiger partial charge in [-0.2, -0.15) is 0 Å². The van der Waals surface area contributed by atoms with Gasteiger partial charge in [0.05, 0.1) is 0 Å². The Morgan fingerprint density at radius 3 is 1.67 bits per heavy atom. The molecule has 146 valence electrons. The van der Waals surface area contributed by atoms with E-state index in [0.717, 1.165) is 21.9 Å². The standard InChI is InChI=1S/C23H32O3Si/c1-17(2)24-27(25-18(3)4,26-19(5)6)23-15-11-14-22(16-23)20(7)21-12-9-8-10-13-21/h8-19H,7H2,1-6H3. The van der Waals surface area contributed by atoms with Gasteiger partial charge in [0.1, 0.15) is 0 Å². The molecule has 0 spiro atoms. The van der Waals surface area contributed by atoms with Crippen molar-refractivity contribution in [3.8, 4) is 0 Å². The molecule has 4 heteroatoms. The highest BCUT2D eigenvalue weighted by molar-refractivity contribution is 6.75. The van der Waals surface area contributed by atoms with E-state index in [4.69, 9.17) is 13.3 Å². The largest absolute Gasteiger partial charge is 0.537 e. The summed E-state index contributed by atoms with van der Waals surface area (Å²) in [5, 5.41) is 0.966. The van der Waals surface area contributed by atoms with Crippen LogP contribution < -0.4 is 5.19 Å². The molecule has 0 aliphatic heterocycles. The highest BCUT2D eigenvalue weighted by Gasteiger charge is 2.46. The molecule has 0 unspecified atom stereocenters. The average molecular weight is 385 g/mol. The highest BCUT2D eigenvalue weighted by atomic mass is 28.4. The topological polar surface area (TPSA) is 27.7 Å². The van der Waals surface area contributed by atoms with E-state index in [9.17, 15) is 0 Å². The van der Waals surface area contributed by atoms with Gasteiger partial charge in [0, 0.05) is 23.5 Å². The number of rotatable bonds is 9. The Labute approximate surface area is 165 Å². The average Bonchev–Trinajstić information content (AvgIpc) is 2.60. The van der Waals surface area contributed by atoms with Crippen LogP contribution in [-0.2, 0) is 13.3 Å². The zero-order valence-electron chi connectivity index (χ0n) is 17.4. The molecule has 0 saturated carbocycles. The van der Waals surface area contributed by atoms with Gasteiger partial charge in [0.2, 0.25) is 0 Å². The van der Waals surface area contributed by atoms with Gasteiger partial charge >= 0.3 is 8.80 Å². The Balaban J connectivity index is 2.50. The van der Waals surface area contributed by atoms with E-state index in [-0.39, 0.29) is 18.3 Å². The molecule has 2 aromatic carbocycles. The predicted octanol–water partition coefficient (Wildman–Crippen LogP) is 5.17. The maximum atomic E-state index is 6.35. The number of benzene rings is 2. The molecule has 27 heavy (non-hydrogen) atoms. The maximum Gasteiger partial charge on any atom is 0.537 e. The summed E-state index contributed by atoms with van der Waals surface area (Å²) in [6.07, 6.45) is -0.0135. The van der Waals surface area contributed by atoms with Crippen LogP contribution in [0, 0.1) is 0 Å². The van der Waals surface area contributed by atoms with Gasteiger partial charge in [0.15, 0.2) is 0 Å². The van der Waals surface area contributed by atoms with Crippen molar-refractivity contribution in [2.45, 2.75) is 59.9 Å². The van der Waals surface area contributed by atoms with Crippen LogP contribution in [0.5, 0.6) is 0 Å². The van der Waals surface area contributed by atoms with Crippen LogP contribution in [0.15, 0.2) is 61.2 Å². The van der Waals surface area contributed by atoms with Crippen molar-refractivity contribution in [2.75, 3.05) is 0 Å². The molecule has 0 radical (unpaired) electrons. The molecular formula is C23H32O3Si. The molecule has 0 saturated heterocycles. The minimum absolute atomic E-state index is 0.00449. The first-order chi connectivity index (χ1) is 12.7. The van der Waals surface area contributed by atoms with E-state index in [1.54, 1.807) is 0 Å². The van der Waals surface area contributed by atoms with Crippen LogP contribution in [-0.4, -0.2) is 27.1 Å². The SMILES string of the molecule is C=C(c1ccccc1)c1cccc([Si](OC(C)C)(OC(C)C)OC(C)C)c1. The van der Waals surface area contributed by atoms with Crippen molar-refractivity contribution in [1.29, 1.82) is 0 Å². The monoisotopic (exact) mass is 384 g/mol. The zero-order chi connectivity index (χ0) is 20.0. The Morgan fingerprint density at radius 2 is 1.19 bits per heavy atom. The molecular weight excluding hydrogens is 352 g/mol. The summed E-state index contributed by atoms with van der Waals surface area (Å²) in [6, 6.07) is 18.4. The van der Waals surface area contributed by atoms with Gasteiger partial charge < -0.3 is 13.3 Å². The molecule has 2 rings (SSSR count). The second-order valence-electron chi connectivity index (χ2n) is 7.48. The van der Waals surface area contributed by atoms with Gasteiger partial charge in [-0.25, -0.2) is 0 Å². The smallest absolute Gasteiger partial charge is 0.367 e. The van der Waals surface area contributed by atoms with Crippen LogP contribution >= 0.6 is 0 Å². The van der Waals surface area contributed by atoms with Gasteiger partial charge in [-0.3, -0.25) is 0 Å². The lowest BCUT2D eigenvalue weighted by atomic mass is 10.00. The van der Waals surface area contributed by atoms with Gasteiger partial charge in [0.25, 0.3) is 0 Å². The predicted molar refractivity (Wildman–Crippen MR) is 115 cm³/mol. The Hall–Kier alpha value is -1.72. The molecule has 3 nitrogen and oxygen atoms in total. The van der Waals surface area contributed by atoms with E-state index in [0.29, 0.717) is 0 Å². The van der Waals surface area contributed by atoms with E-state index in [2.05, 4.69) is 30.8 Å². The number of hydrogen-bond acceptors (Lipinski definition) is 3. The van der Waals surface area contributed by atoms with E-state index < -0.39 is 8.80 Å². The highest BCUT2D eigenvalue weighted by Crippen LogP contribution is 2.23. The second-order valence-corrected chi connectivity index (χ2v) is 9.88. The zero-order valence-corrected chi connectivity index (χ0v) is 18.4. The fraction of sp³-hybridized carbons (Fsp3) is 0.391. The maximum absolute atomic E-state index is 6.35. The quantitative estimate of drug-likeness (QED) is 0.558. The molecule has 0 aromatic heterocycles. The third-order valence-electron chi connectivity index (χ3n) is 3.86. The summed E-state index contributed by atoms with van der Waals surface area (Å²) in [5.41, 5.74) is 3.11. The molecule has 0 amide bonds. The molecule has 0 bridgehead atoms. The fourth-order valence-corrected chi connectivity index (χ4v) is 5.99. The third-order valence-corrected chi connectivity index (χ3v) is 7.22. The first-order valence-corrected chi connectivity index (χ1v) is 11.3. The van der Waals surface area contributed by atoms with E-state index in [1.165, 1.54) is 0 Å². The number of hydrogen-bond donors (Lipinski definition) is 0. The summed E-state index contributed by atoms with van der Waals surface area (Å²) in [7, 11) is -3.08. The minimum atomic E-state index is -3.08. The van der Waals surface area contributed by atoms with Crippen LogP contribution in [0.4, 0.5) is 0 Å². The van der Waals surface area contributed by atoms with E-state index >= 15 is 0 Å². The minimum Gasteiger partial charge on any atom is -0.367 e. The summed E-state index contributed by atoms with van der Waals surface area (Å²) in [4.78, 5) is 0. The lowest BCUT2D eigenvalue weighted by Crippen LogP contribution is -2.60. The molecule has 2 aromatic rings. The van der Waals surface area contributed by atoms with Crippen LogP contribution in [0.3, 0.4) is 0 Å². The molecule has 0 aliphatic rings. The normalized spacial score (nSPS) is 12.2. The summed E-state index contributed by atoms with van der Waals surface area (Å²) >= 11 is 0. The first kappa shape index (κ1) is 21.6. The van der Waals surface area contributed by atoms with Gasteiger partial charge in [-0.05, 0) is 64.3 Å². The van der Waals surface area contributed by atoms with Crippen molar-refractivity contribution in [1.82, 2.24) is 0 Å². The van der Waals surface area contributed by atoms with Crippen molar-refractivity contribution >= 4 is 19.6 Å². The van der Waals surface area contributed by atoms with E-state index in [1.807, 2.05) is 71.9 Å². The van der Waals surface area contributed by atoms with Crippen molar-refractivity contribution in [3.05, 3.63) is 72.3 Å². The Kier molecular flexibility index (Phi) is 7.56. The van der Waals surface area contributed by atoms with Crippen LogP contribution in [0.1, 0.15) is 52.7 Å². The molecule has 0 atom stereocenters. The van der Waals surface area contributed by atoms with Crippen LogP contribution in [0.2, 0.25) is 0 Å².